The molecule has 0 saturated heterocycles. The third-order valence-electron chi connectivity index (χ3n) is 2.69. The number of rotatable bonds is 5. The van der Waals surface area contributed by atoms with Gasteiger partial charge in [0.2, 0.25) is 0 Å². The molecule has 0 aliphatic rings. The van der Waals surface area contributed by atoms with Crippen LogP contribution in [0.4, 0.5) is 0 Å². The summed E-state index contributed by atoms with van der Waals surface area (Å²) in [5, 5.41) is 0. The van der Waals surface area contributed by atoms with Gasteiger partial charge in [0, 0.05) is 5.92 Å². The number of aliphatic imine (C=N–C) groups is 2. The average molecular weight is 240 g/mol. The summed E-state index contributed by atoms with van der Waals surface area (Å²) in [6.45, 7) is 3.34. The minimum atomic E-state index is 0.387. The SMILES string of the molecule is CC(CN=C=NCc1ccco1)c1ccccc1. The molecule has 0 aliphatic heterocycles. The van der Waals surface area contributed by atoms with Crippen molar-refractivity contribution in [1.82, 2.24) is 0 Å². The Morgan fingerprint density at radius 3 is 2.67 bits per heavy atom. The number of furan rings is 1. The molecule has 0 bridgehead atoms. The summed E-state index contributed by atoms with van der Waals surface area (Å²) in [6, 6.07) is 16.8. The molecule has 0 spiro atoms. The monoisotopic (exact) mass is 240 g/mol. The van der Waals surface area contributed by atoms with Gasteiger partial charge in [-0.3, -0.25) is 0 Å². The summed E-state index contributed by atoms with van der Waals surface area (Å²) >= 11 is 0. The van der Waals surface area contributed by atoms with Gasteiger partial charge in [-0.1, -0.05) is 37.3 Å². The lowest BCUT2D eigenvalue weighted by molar-refractivity contribution is 0.513. The molecular formula is C15H16N2O. The molecule has 3 nitrogen and oxygen atoms in total. The van der Waals surface area contributed by atoms with Crippen molar-refractivity contribution in [3.05, 3.63) is 60.1 Å². The maximum absolute atomic E-state index is 5.16. The van der Waals surface area contributed by atoms with E-state index in [4.69, 9.17) is 4.42 Å². The second-order valence-electron chi connectivity index (χ2n) is 4.15. The number of hydrogen-bond donors (Lipinski definition) is 0. The largest absolute Gasteiger partial charge is 0.467 e. The van der Waals surface area contributed by atoms with E-state index < -0.39 is 0 Å². The van der Waals surface area contributed by atoms with Gasteiger partial charge in [-0.05, 0) is 17.7 Å². The third kappa shape index (κ3) is 3.72. The number of nitrogens with zero attached hydrogens (tertiary/aromatic N) is 2. The molecule has 1 heterocycles. The van der Waals surface area contributed by atoms with Crippen LogP contribution in [0.5, 0.6) is 0 Å². The maximum atomic E-state index is 5.16. The minimum absolute atomic E-state index is 0.387. The molecule has 0 radical (unpaired) electrons. The molecule has 1 aromatic heterocycles. The van der Waals surface area contributed by atoms with Crippen LogP contribution in [0.3, 0.4) is 0 Å². The van der Waals surface area contributed by atoms with Gasteiger partial charge >= 0.3 is 0 Å². The van der Waals surface area contributed by atoms with Gasteiger partial charge < -0.3 is 4.42 Å². The van der Waals surface area contributed by atoms with Crippen LogP contribution in [0, 0.1) is 0 Å². The van der Waals surface area contributed by atoms with E-state index in [1.165, 1.54) is 5.56 Å². The van der Waals surface area contributed by atoms with E-state index in [-0.39, 0.29) is 0 Å². The molecule has 1 atom stereocenters. The van der Waals surface area contributed by atoms with Gasteiger partial charge in [0.05, 0.1) is 18.8 Å². The molecule has 0 fully saturated rings. The molecule has 0 saturated carbocycles. The Bertz CT molecular complexity index is 511. The Morgan fingerprint density at radius 2 is 1.94 bits per heavy atom. The molecule has 2 aromatic rings. The topological polar surface area (TPSA) is 37.9 Å². The second kappa shape index (κ2) is 6.58. The van der Waals surface area contributed by atoms with Crippen molar-refractivity contribution in [1.29, 1.82) is 0 Å². The first-order chi connectivity index (χ1) is 8.86. The van der Waals surface area contributed by atoms with Crippen molar-refractivity contribution in [2.75, 3.05) is 6.54 Å². The normalized spacial score (nSPS) is 11.6. The van der Waals surface area contributed by atoms with Crippen LogP contribution < -0.4 is 0 Å². The standard InChI is InChI=1S/C15H16N2O/c1-13(14-6-3-2-4-7-14)10-16-12-17-11-15-8-5-9-18-15/h2-9,13H,10-11H2,1H3. The number of benzene rings is 1. The van der Waals surface area contributed by atoms with Crippen LogP contribution in [0.25, 0.3) is 0 Å². The fourth-order valence-electron chi connectivity index (χ4n) is 1.63. The fraction of sp³-hybridized carbons (Fsp3) is 0.267. The minimum Gasteiger partial charge on any atom is -0.467 e. The molecule has 1 unspecified atom stereocenters. The van der Waals surface area contributed by atoms with Gasteiger partial charge in [-0.25, -0.2) is 9.98 Å². The average Bonchev–Trinajstić information content (AvgIpc) is 2.92. The Balaban J connectivity index is 1.82. The predicted molar refractivity (Wildman–Crippen MR) is 72.0 cm³/mol. The molecule has 3 heteroatoms. The Hall–Kier alpha value is -2.12. The third-order valence-corrected chi connectivity index (χ3v) is 2.69. The molecule has 18 heavy (non-hydrogen) atoms. The lowest BCUT2D eigenvalue weighted by Gasteiger charge is -2.06. The van der Waals surface area contributed by atoms with Crippen molar-refractivity contribution >= 4 is 6.01 Å². The van der Waals surface area contributed by atoms with Crippen molar-refractivity contribution in [2.45, 2.75) is 19.4 Å². The number of hydrogen-bond acceptors (Lipinski definition) is 3. The van der Waals surface area contributed by atoms with E-state index in [2.05, 4.69) is 35.0 Å². The molecular weight excluding hydrogens is 224 g/mol. The lowest BCUT2D eigenvalue weighted by atomic mass is 10.0. The van der Waals surface area contributed by atoms with E-state index in [1.807, 2.05) is 30.3 Å². The van der Waals surface area contributed by atoms with Gasteiger partial charge in [0.15, 0.2) is 0 Å². The van der Waals surface area contributed by atoms with Crippen LogP contribution in [0.1, 0.15) is 24.2 Å². The molecule has 1 aromatic carbocycles. The van der Waals surface area contributed by atoms with Crippen molar-refractivity contribution < 1.29 is 4.42 Å². The summed E-state index contributed by atoms with van der Waals surface area (Å²) in [5.74, 6) is 1.21. The molecule has 0 N–H and O–H groups in total. The maximum Gasteiger partial charge on any atom is 0.126 e. The first kappa shape index (κ1) is 12.3. The zero-order valence-electron chi connectivity index (χ0n) is 10.4. The van der Waals surface area contributed by atoms with Gasteiger partial charge in [-0.15, -0.1) is 0 Å². The fourth-order valence-corrected chi connectivity index (χ4v) is 1.63. The van der Waals surface area contributed by atoms with Crippen LogP contribution in [-0.2, 0) is 6.54 Å². The van der Waals surface area contributed by atoms with Crippen molar-refractivity contribution in [2.24, 2.45) is 9.98 Å². The summed E-state index contributed by atoms with van der Waals surface area (Å²) in [7, 11) is 0. The van der Waals surface area contributed by atoms with Crippen LogP contribution in [0.2, 0.25) is 0 Å². The van der Waals surface area contributed by atoms with Gasteiger partial charge in [0.25, 0.3) is 0 Å². The van der Waals surface area contributed by atoms with E-state index in [9.17, 15) is 0 Å². The van der Waals surface area contributed by atoms with E-state index in [0.717, 1.165) is 5.76 Å². The highest BCUT2D eigenvalue weighted by Gasteiger charge is 2.02. The molecule has 2 rings (SSSR count). The first-order valence-corrected chi connectivity index (χ1v) is 6.01. The van der Waals surface area contributed by atoms with Crippen molar-refractivity contribution in [3.8, 4) is 0 Å². The van der Waals surface area contributed by atoms with Gasteiger partial charge in [-0.2, -0.15) is 0 Å². The van der Waals surface area contributed by atoms with Crippen LogP contribution in [-0.4, -0.2) is 12.6 Å². The predicted octanol–water partition coefficient (Wildman–Crippen LogP) is 3.76. The Labute approximate surface area is 107 Å². The van der Waals surface area contributed by atoms with E-state index in [0.29, 0.717) is 19.0 Å². The molecule has 0 aliphatic carbocycles. The van der Waals surface area contributed by atoms with E-state index >= 15 is 0 Å². The second-order valence-corrected chi connectivity index (χ2v) is 4.15. The first-order valence-electron chi connectivity index (χ1n) is 6.01. The van der Waals surface area contributed by atoms with E-state index in [1.54, 1.807) is 6.26 Å². The summed E-state index contributed by atoms with van der Waals surface area (Å²) in [5.41, 5.74) is 1.29. The smallest absolute Gasteiger partial charge is 0.126 e. The molecule has 92 valence electrons. The highest BCUT2D eigenvalue weighted by Crippen LogP contribution is 2.14. The van der Waals surface area contributed by atoms with Crippen LogP contribution in [0.15, 0.2) is 63.1 Å². The lowest BCUT2D eigenvalue weighted by Crippen LogP contribution is -1.96. The highest BCUT2D eigenvalue weighted by molar-refractivity contribution is 5.41. The van der Waals surface area contributed by atoms with Crippen molar-refractivity contribution in [3.63, 3.8) is 0 Å². The Kier molecular flexibility index (Phi) is 4.51. The zero-order valence-corrected chi connectivity index (χ0v) is 10.4. The Morgan fingerprint density at radius 1 is 1.11 bits per heavy atom. The molecule has 0 amide bonds. The highest BCUT2D eigenvalue weighted by atomic mass is 16.3. The summed E-state index contributed by atoms with van der Waals surface area (Å²) in [4.78, 5) is 8.26. The van der Waals surface area contributed by atoms with Gasteiger partial charge in [0.1, 0.15) is 12.3 Å². The summed E-state index contributed by atoms with van der Waals surface area (Å²) in [6.07, 6.45) is 1.64. The zero-order chi connectivity index (χ0) is 12.6. The quantitative estimate of drug-likeness (QED) is 0.733. The van der Waals surface area contributed by atoms with Crippen LogP contribution >= 0.6 is 0 Å². The summed E-state index contributed by atoms with van der Waals surface area (Å²) < 4.78 is 5.16.